The SMILES string of the molecule is CC1(C)NCC(c2c(F)cccc2Cl)O1. The van der Waals surface area contributed by atoms with Gasteiger partial charge in [-0.3, -0.25) is 5.32 Å². The number of benzene rings is 1. The smallest absolute Gasteiger partial charge is 0.130 e. The van der Waals surface area contributed by atoms with Gasteiger partial charge in [-0.2, -0.15) is 0 Å². The Morgan fingerprint density at radius 1 is 1.53 bits per heavy atom. The van der Waals surface area contributed by atoms with Crippen molar-refractivity contribution in [1.82, 2.24) is 5.32 Å². The molecule has 2 nitrogen and oxygen atoms in total. The second-order valence-electron chi connectivity index (χ2n) is 4.13. The van der Waals surface area contributed by atoms with Gasteiger partial charge in [0.1, 0.15) is 17.6 Å². The van der Waals surface area contributed by atoms with Gasteiger partial charge in [-0.05, 0) is 26.0 Å². The van der Waals surface area contributed by atoms with Crippen LogP contribution in [0.15, 0.2) is 18.2 Å². The number of nitrogens with one attached hydrogen (secondary N) is 1. The summed E-state index contributed by atoms with van der Waals surface area (Å²) >= 11 is 5.95. The van der Waals surface area contributed by atoms with Gasteiger partial charge in [0.2, 0.25) is 0 Å². The van der Waals surface area contributed by atoms with Gasteiger partial charge in [-0.1, -0.05) is 17.7 Å². The summed E-state index contributed by atoms with van der Waals surface area (Å²) in [4.78, 5) is 0. The van der Waals surface area contributed by atoms with Crippen LogP contribution in [-0.2, 0) is 4.74 Å². The highest BCUT2D eigenvalue weighted by atomic mass is 35.5. The third-order valence-corrected chi connectivity index (χ3v) is 2.80. The van der Waals surface area contributed by atoms with Gasteiger partial charge in [0.05, 0.1) is 0 Å². The minimum Gasteiger partial charge on any atom is -0.352 e. The van der Waals surface area contributed by atoms with Crippen LogP contribution in [-0.4, -0.2) is 12.3 Å². The van der Waals surface area contributed by atoms with E-state index in [-0.39, 0.29) is 11.9 Å². The lowest BCUT2D eigenvalue weighted by Crippen LogP contribution is -2.33. The maximum Gasteiger partial charge on any atom is 0.130 e. The Labute approximate surface area is 93.4 Å². The lowest BCUT2D eigenvalue weighted by molar-refractivity contribution is -0.0252. The Kier molecular flexibility index (Phi) is 2.71. The lowest BCUT2D eigenvalue weighted by atomic mass is 10.1. The van der Waals surface area contributed by atoms with E-state index < -0.39 is 5.72 Å². The Balaban J connectivity index is 2.31. The topological polar surface area (TPSA) is 21.3 Å². The fourth-order valence-corrected chi connectivity index (χ4v) is 2.04. The zero-order chi connectivity index (χ0) is 11.1. The van der Waals surface area contributed by atoms with Crippen molar-refractivity contribution in [3.63, 3.8) is 0 Å². The second-order valence-corrected chi connectivity index (χ2v) is 4.54. The van der Waals surface area contributed by atoms with E-state index in [1.54, 1.807) is 12.1 Å². The molecule has 82 valence electrons. The second kappa shape index (κ2) is 3.74. The zero-order valence-corrected chi connectivity index (χ0v) is 9.44. The molecule has 0 aromatic heterocycles. The summed E-state index contributed by atoms with van der Waals surface area (Å²) in [5, 5.41) is 3.57. The molecule has 2 rings (SSSR count). The largest absolute Gasteiger partial charge is 0.352 e. The van der Waals surface area contributed by atoms with Crippen molar-refractivity contribution in [3.8, 4) is 0 Å². The van der Waals surface area contributed by atoms with E-state index in [2.05, 4.69) is 5.32 Å². The van der Waals surface area contributed by atoms with Crippen molar-refractivity contribution < 1.29 is 9.13 Å². The predicted octanol–water partition coefficient (Wildman–Crippen LogP) is 2.88. The summed E-state index contributed by atoms with van der Waals surface area (Å²) in [6, 6.07) is 4.67. The molecule has 1 unspecified atom stereocenters. The van der Waals surface area contributed by atoms with Crippen LogP contribution in [0.4, 0.5) is 4.39 Å². The number of ether oxygens (including phenoxy) is 1. The standard InChI is InChI=1S/C11H13ClFNO/c1-11(2)14-6-9(15-11)10-7(12)4-3-5-8(10)13/h3-5,9,14H,6H2,1-2H3. The summed E-state index contributed by atoms with van der Waals surface area (Å²) in [5.41, 5.74) is 0.0215. The highest BCUT2D eigenvalue weighted by Crippen LogP contribution is 2.33. The molecule has 0 spiro atoms. The first-order chi connectivity index (χ1) is 6.99. The monoisotopic (exact) mass is 229 g/mol. The molecule has 0 bridgehead atoms. The van der Waals surface area contributed by atoms with Crippen LogP contribution >= 0.6 is 11.6 Å². The fourth-order valence-electron chi connectivity index (χ4n) is 1.76. The van der Waals surface area contributed by atoms with Crippen molar-refractivity contribution in [2.24, 2.45) is 0 Å². The number of rotatable bonds is 1. The summed E-state index contributed by atoms with van der Waals surface area (Å²) in [6.07, 6.45) is -0.311. The van der Waals surface area contributed by atoms with Gasteiger partial charge < -0.3 is 4.74 Å². The number of hydrogen-bond donors (Lipinski definition) is 1. The van der Waals surface area contributed by atoms with E-state index in [4.69, 9.17) is 16.3 Å². The molecular weight excluding hydrogens is 217 g/mol. The van der Waals surface area contributed by atoms with Crippen molar-refractivity contribution in [2.75, 3.05) is 6.54 Å². The van der Waals surface area contributed by atoms with Crippen LogP contribution in [0.5, 0.6) is 0 Å². The molecule has 1 aliphatic heterocycles. The van der Waals surface area contributed by atoms with Crippen molar-refractivity contribution in [3.05, 3.63) is 34.6 Å². The Morgan fingerprint density at radius 3 is 2.80 bits per heavy atom. The lowest BCUT2D eigenvalue weighted by Gasteiger charge is -2.19. The van der Waals surface area contributed by atoms with Gasteiger partial charge >= 0.3 is 0 Å². The highest BCUT2D eigenvalue weighted by Gasteiger charge is 2.34. The number of halogens is 2. The van der Waals surface area contributed by atoms with E-state index in [0.717, 1.165) is 0 Å². The third-order valence-electron chi connectivity index (χ3n) is 2.47. The van der Waals surface area contributed by atoms with Crippen molar-refractivity contribution >= 4 is 11.6 Å². The van der Waals surface area contributed by atoms with E-state index in [1.165, 1.54) is 6.07 Å². The first kappa shape index (κ1) is 10.9. The van der Waals surface area contributed by atoms with Crippen LogP contribution in [0.25, 0.3) is 0 Å². The van der Waals surface area contributed by atoms with Gasteiger partial charge in [0.25, 0.3) is 0 Å². The molecule has 0 radical (unpaired) electrons. The molecule has 15 heavy (non-hydrogen) atoms. The van der Waals surface area contributed by atoms with Crippen molar-refractivity contribution in [1.29, 1.82) is 0 Å². The fraction of sp³-hybridized carbons (Fsp3) is 0.455. The molecule has 4 heteroatoms. The summed E-state index contributed by atoms with van der Waals surface area (Å²) in [7, 11) is 0. The quantitative estimate of drug-likeness (QED) is 0.800. The summed E-state index contributed by atoms with van der Waals surface area (Å²) in [6.45, 7) is 4.39. The average molecular weight is 230 g/mol. The zero-order valence-electron chi connectivity index (χ0n) is 8.68. The van der Waals surface area contributed by atoms with Gasteiger partial charge in [0, 0.05) is 17.1 Å². The predicted molar refractivity (Wildman–Crippen MR) is 57.3 cm³/mol. The maximum absolute atomic E-state index is 13.6. The first-order valence-electron chi connectivity index (χ1n) is 4.86. The Morgan fingerprint density at radius 2 is 2.27 bits per heavy atom. The molecule has 1 aliphatic rings. The normalized spacial score (nSPS) is 24.4. The molecule has 0 amide bonds. The molecule has 1 aromatic rings. The molecule has 1 fully saturated rings. The number of hydrogen-bond acceptors (Lipinski definition) is 2. The van der Waals surface area contributed by atoms with Gasteiger partial charge in [0.15, 0.2) is 0 Å². The molecule has 0 aliphatic carbocycles. The van der Waals surface area contributed by atoms with E-state index in [1.807, 2.05) is 13.8 Å². The first-order valence-corrected chi connectivity index (χ1v) is 5.24. The highest BCUT2D eigenvalue weighted by molar-refractivity contribution is 6.31. The van der Waals surface area contributed by atoms with Crippen molar-refractivity contribution in [2.45, 2.75) is 25.7 Å². The molecule has 1 atom stereocenters. The molecule has 0 saturated carbocycles. The molecule has 1 aromatic carbocycles. The van der Waals surface area contributed by atoms with Gasteiger partial charge in [-0.25, -0.2) is 4.39 Å². The Hall–Kier alpha value is -0.640. The molecule has 1 saturated heterocycles. The van der Waals surface area contributed by atoms with Crippen LogP contribution in [0.1, 0.15) is 25.5 Å². The summed E-state index contributed by atoms with van der Waals surface area (Å²) < 4.78 is 19.2. The van der Waals surface area contributed by atoms with E-state index in [0.29, 0.717) is 17.1 Å². The van der Waals surface area contributed by atoms with Crippen LogP contribution in [0.3, 0.4) is 0 Å². The Bertz CT molecular complexity index is 361. The molecular formula is C11H13ClFNO. The molecule has 1 N–H and O–H groups in total. The minimum absolute atomic E-state index is 0.311. The van der Waals surface area contributed by atoms with Gasteiger partial charge in [-0.15, -0.1) is 0 Å². The van der Waals surface area contributed by atoms with Crippen LogP contribution < -0.4 is 5.32 Å². The average Bonchev–Trinajstić information content (AvgIpc) is 2.46. The minimum atomic E-state index is -0.420. The molecule has 1 heterocycles. The summed E-state index contributed by atoms with van der Waals surface area (Å²) in [5.74, 6) is -0.313. The maximum atomic E-state index is 13.6. The third kappa shape index (κ3) is 2.14. The van der Waals surface area contributed by atoms with E-state index >= 15 is 0 Å². The van der Waals surface area contributed by atoms with Crippen LogP contribution in [0.2, 0.25) is 5.02 Å². The van der Waals surface area contributed by atoms with Crippen LogP contribution in [0, 0.1) is 5.82 Å². The van der Waals surface area contributed by atoms with E-state index in [9.17, 15) is 4.39 Å².